The number of rotatable bonds is 8. The minimum atomic E-state index is 0.646. The molecular formula is C27H26N8O. The van der Waals surface area contributed by atoms with E-state index in [2.05, 4.69) is 55.0 Å². The Kier molecular flexibility index (Phi) is 6.61. The summed E-state index contributed by atoms with van der Waals surface area (Å²) in [6.45, 7) is 6.10. The lowest BCUT2D eigenvalue weighted by Crippen LogP contribution is -2.00. The van der Waals surface area contributed by atoms with Crippen molar-refractivity contribution >= 4 is 11.5 Å². The summed E-state index contributed by atoms with van der Waals surface area (Å²) in [7, 11) is 0. The van der Waals surface area contributed by atoms with Gasteiger partial charge in [0.2, 0.25) is 0 Å². The normalized spacial score (nSPS) is 10.9. The molecule has 0 bridgehead atoms. The Morgan fingerprint density at radius 3 is 2.61 bits per heavy atom. The third-order valence-corrected chi connectivity index (χ3v) is 5.93. The van der Waals surface area contributed by atoms with E-state index in [0.717, 1.165) is 29.1 Å². The molecule has 2 N–H and O–H groups in total. The lowest BCUT2D eigenvalue weighted by Gasteiger charge is -2.14. The minimum Gasteiger partial charge on any atom is -0.455 e. The van der Waals surface area contributed by atoms with Gasteiger partial charge in [-0.25, -0.2) is 9.97 Å². The predicted molar refractivity (Wildman–Crippen MR) is 137 cm³/mol. The van der Waals surface area contributed by atoms with Crippen molar-refractivity contribution in [2.45, 2.75) is 33.6 Å². The van der Waals surface area contributed by atoms with Crippen LogP contribution in [0.3, 0.4) is 0 Å². The Morgan fingerprint density at radius 2 is 1.81 bits per heavy atom. The van der Waals surface area contributed by atoms with Gasteiger partial charge in [0.1, 0.15) is 17.3 Å². The van der Waals surface area contributed by atoms with Gasteiger partial charge in [0.15, 0.2) is 11.6 Å². The average Bonchev–Trinajstić information content (AvgIpc) is 3.41. The highest BCUT2D eigenvalue weighted by atomic mass is 16.5. The van der Waals surface area contributed by atoms with Crippen molar-refractivity contribution in [2.75, 3.05) is 5.32 Å². The number of H-pyrrole nitrogens is 1. The van der Waals surface area contributed by atoms with Crippen LogP contribution in [0.2, 0.25) is 0 Å². The number of pyridine rings is 3. The second kappa shape index (κ2) is 10.3. The number of benzene rings is 1. The summed E-state index contributed by atoms with van der Waals surface area (Å²) in [6.07, 6.45) is 5.00. The highest BCUT2D eigenvalue weighted by Gasteiger charge is 2.14. The second-order valence-corrected chi connectivity index (χ2v) is 8.53. The van der Waals surface area contributed by atoms with Crippen LogP contribution in [0.5, 0.6) is 11.5 Å². The monoisotopic (exact) mass is 478 g/mol. The Labute approximate surface area is 209 Å². The largest absolute Gasteiger partial charge is 0.455 e. The molecule has 0 saturated heterocycles. The van der Waals surface area contributed by atoms with Gasteiger partial charge in [-0.3, -0.25) is 4.98 Å². The van der Waals surface area contributed by atoms with E-state index in [9.17, 15) is 0 Å². The minimum absolute atomic E-state index is 0.646. The molecular weight excluding hydrogens is 452 g/mol. The maximum atomic E-state index is 6.30. The average molecular weight is 479 g/mol. The van der Waals surface area contributed by atoms with Crippen molar-refractivity contribution in [3.05, 3.63) is 95.2 Å². The molecule has 5 rings (SSSR count). The number of nitrogens with zero attached hydrogens (tertiary/aromatic N) is 6. The van der Waals surface area contributed by atoms with E-state index in [1.807, 2.05) is 56.3 Å². The molecule has 0 amide bonds. The molecule has 9 nitrogen and oxygen atoms in total. The Hall–Kier alpha value is -4.66. The van der Waals surface area contributed by atoms with Gasteiger partial charge in [0, 0.05) is 36.3 Å². The highest BCUT2D eigenvalue weighted by Crippen LogP contribution is 2.33. The third kappa shape index (κ3) is 5.35. The first-order chi connectivity index (χ1) is 17.5. The summed E-state index contributed by atoms with van der Waals surface area (Å²) in [5, 5.41) is 17.6. The van der Waals surface area contributed by atoms with E-state index in [1.54, 1.807) is 12.4 Å². The molecule has 0 unspecified atom stereocenters. The van der Waals surface area contributed by atoms with Crippen molar-refractivity contribution in [3.8, 4) is 22.9 Å². The molecule has 4 heterocycles. The van der Waals surface area contributed by atoms with Crippen LogP contribution in [0, 0.1) is 20.8 Å². The van der Waals surface area contributed by atoms with Gasteiger partial charge in [-0.15, -0.1) is 10.2 Å². The smallest absolute Gasteiger partial charge is 0.174 e. The van der Waals surface area contributed by atoms with Crippen molar-refractivity contribution in [3.63, 3.8) is 0 Å². The fraction of sp³-hybridized carbons (Fsp3) is 0.185. The third-order valence-electron chi connectivity index (χ3n) is 5.93. The topological polar surface area (TPSA) is 114 Å². The van der Waals surface area contributed by atoms with Gasteiger partial charge in [0.05, 0.1) is 5.69 Å². The first kappa shape index (κ1) is 23.1. The lowest BCUT2D eigenvalue weighted by molar-refractivity contribution is 0.481. The number of nitrogens with one attached hydrogen (secondary N) is 2. The Bertz CT molecular complexity index is 1470. The molecule has 0 radical (unpaired) electrons. The van der Waals surface area contributed by atoms with Crippen molar-refractivity contribution in [1.29, 1.82) is 0 Å². The van der Waals surface area contributed by atoms with Crippen LogP contribution >= 0.6 is 0 Å². The Morgan fingerprint density at radius 1 is 0.889 bits per heavy atom. The van der Waals surface area contributed by atoms with Crippen molar-refractivity contribution < 1.29 is 4.74 Å². The number of tetrazole rings is 1. The highest BCUT2D eigenvalue weighted by molar-refractivity contribution is 5.65. The van der Waals surface area contributed by atoms with Gasteiger partial charge < -0.3 is 10.1 Å². The maximum Gasteiger partial charge on any atom is 0.174 e. The fourth-order valence-corrected chi connectivity index (χ4v) is 3.82. The zero-order valence-electron chi connectivity index (χ0n) is 20.4. The predicted octanol–water partition coefficient (Wildman–Crippen LogP) is 5.30. The molecule has 0 aliphatic heterocycles. The second-order valence-electron chi connectivity index (χ2n) is 8.53. The van der Waals surface area contributed by atoms with E-state index in [-0.39, 0.29) is 0 Å². The van der Waals surface area contributed by atoms with Gasteiger partial charge >= 0.3 is 0 Å². The number of aromatic amines is 1. The maximum absolute atomic E-state index is 6.30. The molecule has 0 saturated carbocycles. The van der Waals surface area contributed by atoms with E-state index < -0.39 is 0 Å². The first-order valence-electron chi connectivity index (χ1n) is 11.7. The zero-order chi connectivity index (χ0) is 24.9. The molecule has 0 spiro atoms. The molecule has 4 aromatic heterocycles. The van der Waals surface area contributed by atoms with E-state index in [1.165, 1.54) is 11.1 Å². The molecule has 0 fully saturated rings. The number of aromatic nitrogens is 7. The van der Waals surface area contributed by atoms with Crippen LogP contribution in [-0.4, -0.2) is 35.6 Å². The summed E-state index contributed by atoms with van der Waals surface area (Å²) in [5.74, 6) is 2.68. The molecule has 5 aromatic rings. The van der Waals surface area contributed by atoms with Crippen molar-refractivity contribution in [2.24, 2.45) is 0 Å². The van der Waals surface area contributed by atoms with Crippen LogP contribution in [0.4, 0.5) is 11.5 Å². The number of anilines is 2. The van der Waals surface area contributed by atoms with Gasteiger partial charge in [-0.05, 0) is 80.3 Å². The molecule has 0 atom stereocenters. The first-order valence-corrected chi connectivity index (χ1v) is 11.7. The molecule has 0 aliphatic rings. The lowest BCUT2D eigenvalue weighted by atomic mass is 10.0. The van der Waals surface area contributed by atoms with Gasteiger partial charge in [-0.1, -0.05) is 17.3 Å². The van der Waals surface area contributed by atoms with E-state index in [4.69, 9.17) is 9.72 Å². The summed E-state index contributed by atoms with van der Waals surface area (Å²) in [5.41, 5.74) is 6.80. The Balaban J connectivity index is 1.36. The van der Waals surface area contributed by atoms with E-state index in [0.29, 0.717) is 35.3 Å². The molecule has 9 heteroatoms. The van der Waals surface area contributed by atoms with Crippen molar-refractivity contribution in [1.82, 2.24) is 35.6 Å². The number of ether oxygens (including phenoxy) is 1. The summed E-state index contributed by atoms with van der Waals surface area (Å²) in [6, 6.07) is 17.7. The fourth-order valence-electron chi connectivity index (χ4n) is 3.82. The number of aryl methyl sites for hydroxylation is 5. The van der Waals surface area contributed by atoms with Crippen LogP contribution in [-0.2, 0) is 12.8 Å². The summed E-state index contributed by atoms with van der Waals surface area (Å²) in [4.78, 5) is 13.7. The zero-order valence-corrected chi connectivity index (χ0v) is 20.4. The van der Waals surface area contributed by atoms with Gasteiger partial charge in [-0.2, -0.15) is 5.21 Å². The van der Waals surface area contributed by atoms with E-state index >= 15 is 0 Å². The van der Waals surface area contributed by atoms with Crippen LogP contribution in [0.25, 0.3) is 11.4 Å². The molecule has 180 valence electrons. The standard InChI is InChI=1S/C27H26N8O/c1-17-7-9-21(15-20(17)8-10-25-32-34-35-33-25)31-26-16-22(11-13-29-26)36-24-14-18(2)19(3)30-27(24)23-6-4-5-12-28-23/h4-7,9,11-16H,8,10H2,1-3H3,(H,29,31)(H,32,33,34,35). The molecule has 0 aliphatic carbocycles. The number of hydrogen-bond acceptors (Lipinski definition) is 8. The SMILES string of the molecule is Cc1ccc(Nc2cc(Oc3cc(C)c(C)nc3-c3ccccn3)ccn2)cc1CCc1nn[nH]n1. The summed E-state index contributed by atoms with van der Waals surface area (Å²) < 4.78 is 6.30. The quantitative estimate of drug-likeness (QED) is 0.309. The number of hydrogen-bond donors (Lipinski definition) is 2. The van der Waals surface area contributed by atoms with Gasteiger partial charge in [0.25, 0.3) is 0 Å². The molecule has 1 aromatic carbocycles. The van der Waals surface area contributed by atoms with Crippen LogP contribution < -0.4 is 10.1 Å². The summed E-state index contributed by atoms with van der Waals surface area (Å²) >= 11 is 0. The molecule has 36 heavy (non-hydrogen) atoms. The van der Waals surface area contributed by atoms with Crippen LogP contribution in [0.1, 0.15) is 28.2 Å². The van der Waals surface area contributed by atoms with Crippen LogP contribution in [0.15, 0.2) is 67.0 Å².